The van der Waals surface area contributed by atoms with Crippen molar-refractivity contribution in [2.45, 2.75) is 47.2 Å². The summed E-state index contributed by atoms with van der Waals surface area (Å²) in [6, 6.07) is -0.664. The molecule has 0 aromatic carbocycles. The van der Waals surface area contributed by atoms with E-state index in [0.717, 1.165) is 0 Å². The number of hydrogen-bond donors (Lipinski definition) is 0. The van der Waals surface area contributed by atoms with Crippen LogP contribution in [0, 0.1) is 13.8 Å². The number of carbonyl (C=O) groups is 3. The molecular formula is C18H28N2O5. The second-order valence-electron chi connectivity index (χ2n) is 5.88. The normalized spacial score (nSPS) is 12.0. The van der Waals surface area contributed by atoms with Crippen molar-refractivity contribution in [3.8, 4) is 0 Å². The molecule has 140 valence electrons. The van der Waals surface area contributed by atoms with Gasteiger partial charge >= 0.3 is 5.97 Å². The van der Waals surface area contributed by atoms with Crippen molar-refractivity contribution in [3.05, 3.63) is 22.5 Å². The first-order valence-electron chi connectivity index (χ1n) is 8.38. The summed E-state index contributed by atoms with van der Waals surface area (Å²) in [5, 5.41) is 0. The van der Waals surface area contributed by atoms with Crippen molar-refractivity contribution >= 4 is 17.7 Å². The van der Waals surface area contributed by atoms with Gasteiger partial charge in [-0.15, -0.1) is 0 Å². The van der Waals surface area contributed by atoms with Crippen molar-refractivity contribution in [1.82, 2.24) is 9.47 Å². The molecule has 0 bridgehead atoms. The Morgan fingerprint density at radius 3 is 2.28 bits per heavy atom. The molecule has 1 atom stereocenters. The van der Waals surface area contributed by atoms with Gasteiger partial charge in [-0.1, -0.05) is 0 Å². The van der Waals surface area contributed by atoms with Crippen LogP contribution in [-0.4, -0.2) is 60.5 Å². The molecule has 0 radical (unpaired) electrons. The van der Waals surface area contributed by atoms with Crippen LogP contribution in [0.25, 0.3) is 0 Å². The third kappa shape index (κ3) is 4.10. The lowest BCUT2D eigenvalue weighted by atomic mass is 10.00. The molecular weight excluding hydrogens is 324 g/mol. The molecule has 1 aromatic heterocycles. The minimum atomic E-state index is -0.664. The van der Waals surface area contributed by atoms with E-state index in [4.69, 9.17) is 9.47 Å². The van der Waals surface area contributed by atoms with Crippen molar-refractivity contribution in [3.63, 3.8) is 0 Å². The molecule has 0 saturated carbocycles. The molecule has 0 saturated heterocycles. The first kappa shape index (κ1) is 20.9. The minimum Gasteiger partial charge on any atom is -0.461 e. The Morgan fingerprint density at radius 1 is 1.20 bits per heavy atom. The number of ketones is 1. The van der Waals surface area contributed by atoms with Gasteiger partial charge in [0.2, 0.25) is 5.91 Å². The molecule has 0 aliphatic carbocycles. The van der Waals surface area contributed by atoms with Gasteiger partial charge in [0.25, 0.3) is 0 Å². The van der Waals surface area contributed by atoms with Gasteiger partial charge in [0.15, 0.2) is 5.78 Å². The Morgan fingerprint density at radius 2 is 1.80 bits per heavy atom. The highest BCUT2D eigenvalue weighted by Crippen LogP contribution is 2.25. The summed E-state index contributed by atoms with van der Waals surface area (Å²) < 4.78 is 11.7. The van der Waals surface area contributed by atoms with E-state index in [-0.39, 0.29) is 24.9 Å². The second-order valence-corrected chi connectivity index (χ2v) is 5.88. The predicted octanol–water partition coefficient (Wildman–Crippen LogP) is 1.98. The smallest absolute Gasteiger partial charge is 0.355 e. The fourth-order valence-electron chi connectivity index (χ4n) is 2.94. The number of esters is 1. The largest absolute Gasteiger partial charge is 0.461 e. The van der Waals surface area contributed by atoms with E-state index in [1.165, 1.54) is 12.0 Å². The van der Waals surface area contributed by atoms with E-state index < -0.39 is 12.0 Å². The number of nitrogens with zero attached hydrogens (tertiary/aromatic N) is 2. The monoisotopic (exact) mass is 352 g/mol. The maximum absolute atomic E-state index is 13.0. The van der Waals surface area contributed by atoms with Crippen molar-refractivity contribution in [1.29, 1.82) is 0 Å². The quantitative estimate of drug-likeness (QED) is 0.528. The molecule has 0 aliphatic rings. The maximum atomic E-state index is 13.0. The number of methoxy groups -OCH3 is 1. The molecule has 0 aliphatic heterocycles. The van der Waals surface area contributed by atoms with Crippen LogP contribution in [0.4, 0.5) is 0 Å². The van der Waals surface area contributed by atoms with Gasteiger partial charge < -0.3 is 18.9 Å². The summed E-state index contributed by atoms with van der Waals surface area (Å²) >= 11 is 0. The number of likely N-dealkylation sites (N-methyl/N-ethyl adjacent to an activating group) is 1. The summed E-state index contributed by atoms with van der Waals surface area (Å²) in [5.41, 5.74) is 2.15. The van der Waals surface area contributed by atoms with E-state index in [0.29, 0.717) is 29.1 Å². The first-order chi connectivity index (χ1) is 11.7. The van der Waals surface area contributed by atoms with E-state index in [2.05, 4.69) is 0 Å². The molecule has 1 amide bonds. The van der Waals surface area contributed by atoms with Crippen LogP contribution < -0.4 is 0 Å². The van der Waals surface area contributed by atoms with Gasteiger partial charge in [-0.05, 0) is 40.2 Å². The molecule has 1 rings (SSSR count). The lowest BCUT2D eigenvalue weighted by Crippen LogP contribution is -2.42. The predicted molar refractivity (Wildman–Crippen MR) is 94.0 cm³/mol. The second kappa shape index (κ2) is 8.80. The average molecular weight is 352 g/mol. The Labute approximate surface area is 148 Å². The highest BCUT2D eigenvalue weighted by molar-refractivity contribution is 6.06. The Bertz CT molecular complexity index is 663. The number of hydrogen-bond acceptors (Lipinski definition) is 5. The lowest BCUT2D eigenvalue weighted by molar-refractivity contribution is -0.134. The van der Waals surface area contributed by atoms with Gasteiger partial charge in [-0.25, -0.2) is 4.79 Å². The van der Waals surface area contributed by atoms with E-state index >= 15 is 0 Å². The molecule has 0 fully saturated rings. The summed E-state index contributed by atoms with van der Waals surface area (Å²) in [6.45, 7) is 9.57. The number of ether oxygens (including phenoxy) is 2. The van der Waals surface area contributed by atoms with Crippen LogP contribution in [0.3, 0.4) is 0 Å². The van der Waals surface area contributed by atoms with Crippen LogP contribution in [-0.2, 0) is 20.8 Å². The fourth-order valence-corrected chi connectivity index (χ4v) is 2.94. The Hall–Kier alpha value is -2.15. The van der Waals surface area contributed by atoms with Crippen molar-refractivity contribution in [2.75, 3.05) is 27.4 Å². The maximum Gasteiger partial charge on any atom is 0.355 e. The molecule has 0 spiro atoms. The zero-order valence-corrected chi connectivity index (χ0v) is 16.1. The molecule has 7 nitrogen and oxygen atoms in total. The van der Waals surface area contributed by atoms with Crippen LogP contribution in [0.15, 0.2) is 0 Å². The van der Waals surface area contributed by atoms with Crippen molar-refractivity contribution < 1.29 is 23.9 Å². The fraction of sp³-hybridized carbons (Fsp3) is 0.611. The Balaban J connectivity index is 3.31. The zero-order valence-electron chi connectivity index (χ0n) is 16.1. The highest BCUT2D eigenvalue weighted by atomic mass is 16.5. The molecule has 25 heavy (non-hydrogen) atoms. The van der Waals surface area contributed by atoms with E-state index in [1.54, 1.807) is 39.3 Å². The van der Waals surface area contributed by atoms with Gasteiger partial charge in [0, 0.05) is 32.0 Å². The molecule has 0 N–H and O–H groups in total. The summed E-state index contributed by atoms with van der Waals surface area (Å²) in [6.07, 6.45) is 0. The number of Topliss-reactive ketones (excluding diaryl/α,β-unsaturated/α-hetero) is 1. The molecule has 1 aromatic rings. The van der Waals surface area contributed by atoms with E-state index in [9.17, 15) is 14.4 Å². The van der Waals surface area contributed by atoms with Gasteiger partial charge in [0.1, 0.15) is 12.3 Å². The molecule has 7 heteroatoms. The summed E-state index contributed by atoms with van der Waals surface area (Å²) in [5.74, 6) is -0.931. The Kier molecular flexibility index (Phi) is 7.36. The van der Waals surface area contributed by atoms with Crippen LogP contribution in [0.1, 0.15) is 52.9 Å². The first-order valence-corrected chi connectivity index (χ1v) is 8.38. The third-order valence-corrected chi connectivity index (χ3v) is 4.42. The summed E-state index contributed by atoms with van der Waals surface area (Å²) in [4.78, 5) is 38.6. The SMILES string of the molecule is CCOC(=O)c1c(C)c(C(=O)C(C)N(C)C(=O)COC)c(C)n1CC. The van der Waals surface area contributed by atoms with Crippen molar-refractivity contribution in [2.24, 2.45) is 0 Å². The van der Waals surface area contributed by atoms with Crippen LogP contribution >= 0.6 is 0 Å². The number of amides is 1. The summed E-state index contributed by atoms with van der Waals surface area (Å²) in [7, 11) is 3.00. The van der Waals surface area contributed by atoms with Crippen LogP contribution in [0.5, 0.6) is 0 Å². The topological polar surface area (TPSA) is 77.8 Å². The minimum absolute atomic E-state index is 0.0872. The van der Waals surface area contributed by atoms with Crippen LogP contribution in [0.2, 0.25) is 0 Å². The lowest BCUT2D eigenvalue weighted by Gasteiger charge is -2.24. The molecule has 1 heterocycles. The number of carbonyl (C=O) groups excluding carboxylic acids is 3. The van der Waals surface area contributed by atoms with Gasteiger partial charge in [-0.2, -0.15) is 0 Å². The van der Waals surface area contributed by atoms with Gasteiger partial charge in [0.05, 0.1) is 12.6 Å². The zero-order chi connectivity index (χ0) is 19.3. The standard InChI is InChI=1S/C18H28N2O5/c1-8-20-12(4)15(11(3)16(20)18(23)25-9-2)17(22)13(5)19(6)14(21)10-24-7/h13H,8-10H2,1-7H3. The van der Waals surface area contributed by atoms with E-state index in [1.807, 2.05) is 6.92 Å². The molecule has 1 unspecified atom stereocenters. The van der Waals surface area contributed by atoms with Gasteiger partial charge in [-0.3, -0.25) is 9.59 Å². The average Bonchev–Trinajstić information content (AvgIpc) is 2.83. The number of rotatable bonds is 8. The highest BCUT2D eigenvalue weighted by Gasteiger charge is 2.31. The third-order valence-electron chi connectivity index (χ3n) is 4.42. The number of aromatic nitrogens is 1.